The van der Waals surface area contributed by atoms with Gasteiger partial charge in [-0.15, -0.1) is 0 Å². The number of hydrogen-bond acceptors (Lipinski definition) is 3. The summed E-state index contributed by atoms with van der Waals surface area (Å²) < 4.78 is 0. The van der Waals surface area contributed by atoms with Crippen molar-refractivity contribution in [2.45, 2.75) is 46.8 Å². The molecule has 0 aliphatic heterocycles. The molecule has 0 fully saturated rings. The molecule has 0 radical (unpaired) electrons. The topological polar surface area (TPSA) is 42.1 Å². The monoisotopic (exact) mass is 235 g/mol. The minimum absolute atomic E-state index is 0.278. The Morgan fingerprint density at radius 1 is 1.29 bits per heavy atom. The van der Waals surface area contributed by atoms with Gasteiger partial charge in [-0.1, -0.05) is 26.8 Å². The Morgan fingerprint density at radius 3 is 2.41 bits per heavy atom. The van der Waals surface area contributed by atoms with Crippen molar-refractivity contribution in [2.75, 3.05) is 7.05 Å². The predicted molar refractivity (Wildman–Crippen MR) is 72.5 cm³/mol. The highest BCUT2D eigenvalue weighted by atomic mass is 15.1. The minimum Gasteiger partial charge on any atom is -0.325 e. The maximum Gasteiger partial charge on any atom is 0.0547 e. The van der Waals surface area contributed by atoms with Crippen molar-refractivity contribution in [3.63, 3.8) is 0 Å². The van der Waals surface area contributed by atoms with Gasteiger partial charge < -0.3 is 5.73 Å². The van der Waals surface area contributed by atoms with E-state index in [4.69, 9.17) is 5.73 Å². The van der Waals surface area contributed by atoms with Crippen LogP contribution in [0.1, 0.15) is 39.1 Å². The van der Waals surface area contributed by atoms with Crippen LogP contribution < -0.4 is 5.73 Å². The number of nitrogens with zero attached hydrogens (tertiary/aromatic N) is 2. The number of nitrogens with two attached hydrogens (primary N) is 1. The van der Waals surface area contributed by atoms with Gasteiger partial charge in [0.2, 0.25) is 0 Å². The van der Waals surface area contributed by atoms with Crippen molar-refractivity contribution in [1.82, 2.24) is 9.88 Å². The number of hydrogen-bond donors (Lipinski definition) is 1. The van der Waals surface area contributed by atoms with Crippen LogP contribution >= 0.6 is 0 Å². The zero-order valence-corrected chi connectivity index (χ0v) is 11.7. The summed E-state index contributed by atoms with van der Waals surface area (Å²) in [5.41, 5.74) is 7.93. The first-order chi connectivity index (χ1) is 7.84. The summed E-state index contributed by atoms with van der Waals surface area (Å²) in [6.45, 7) is 10.4. The van der Waals surface area contributed by atoms with Crippen molar-refractivity contribution in [3.05, 3.63) is 29.6 Å². The average molecular weight is 235 g/mol. The zero-order chi connectivity index (χ0) is 13.1. The maximum absolute atomic E-state index is 5.60. The van der Waals surface area contributed by atoms with E-state index in [1.165, 1.54) is 0 Å². The van der Waals surface area contributed by atoms with E-state index in [0.29, 0.717) is 12.6 Å². The van der Waals surface area contributed by atoms with Gasteiger partial charge in [0.15, 0.2) is 0 Å². The quantitative estimate of drug-likeness (QED) is 0.871. The normalized spacial score (nSPS) is 14.1. The fourth-order valence-electron chi connectivity index (χ4n) is 1.78. The van der Waals surface area contributed by atoms with Gasteiger partial charge in [-0.3, -0.25) is 9.88 Å². The molecule has 1 heterocycles. The first-order valence-electron chi connectivity index (χ1n) is 6.19. The smallest absolute Gasteiger partial charge is 0.0547 e. The largest absolute Gasteiger partial charge is 0.325 e. The number of pyridine rings is 1. The first kappa shape index (κ1) is 14.1. The summed E-state index contributed by atoms with van der Waals surface area (Å²) in [6, 6.07) is 6.56. The lowest BCUT2D eigenvalue weighted by molar-refractivity contribution is 0.133. The molecule has 96 valence electrons. The third-order valence-electron chi connectivity index (χ3n) is 3.40. The highest BCUT2D eigenvalue weighted by molar-refractivity contribution is 5.11. The van der Waals surface area contributed by atoms with Gasteiger partial charge in [-0.05, 0) is 31.5 Å². The Kier molecular flexibility index (Phi) is 4.66. The summed E-state index contributed by atoms with van der Waals surface area (Å²) in [5, 5.41) is 0. The van der Waals surface area contributed by atoms with Crippen LogP contribution in [-0.4, -0.2) is 23.0 Å². The molecule has 0 bridgehead atoms. The Morgan fingerprint density at radius 2 is 1.88 bits per heavy atom. The summed E-state index contributed by atoms with van der Waals surface area (Å²) >= 11 is 0. The summed E-state index contributed by atoms with van der Waals surface area (Å²) in [4.78, 5) is 6.86. The lowest BCUT2D eigenvalue weighted by Crippen LogP contribution is -2.39. The maximum atomic E-state index is 5.60. The Balaban J connectivity index is 2.70. The van der Waals surface area contributed by atoms with Crippen LogP contribution in [0.25, 0.3) is 0 Å². The van der Waals surface area contributed by atoms with E-state index in [1.807, 2.05) is 12.1 Å². The second kappa shape index (κ2) is 5.61. The lowest BCUT2D eigenvalue weighted by atomic mass is 9.87. The molecule has 0 amide bonds. The summed E-state index contributed by atoms with van der Waals surface area (Å²) in [6.07, 6.45) is 0. The van der Waals surface area contributed by atoms with Gasteiger partial charge in [0, 0.05) is 19.1 Å². The second-order valence-electron chi connectivity index (χ2n) is 5.78. The van der Waals surface area contributed by atoms with Crippen LogP contribution in [0, 0.1) is 5.41 Å². The molecule has 17 heavy (non-hydrogen) atoms. The van der Waals surface area contributed by atoms with Crippen LogP contribution in [0.2, 0.25) is 0 Å². The van der Waals surface area contributed by atoms with E-state index in [2.05, 4.69) is 50.7 Å². The van der Waals surface area contributed by atoms with Crippen molar-refractivity contribution in [2.24, 2.45) is 11.1 Å². The summed E-state index contributed by atoms with van der Waals surface area (Å²) in [5.74, 6) is 0. The van der Waals surface area contributed by atoms with E-state index in [1.54, 1.807) is 0 Å². The van der Waals surface area contributed by atoms with E-state index in [9.17, 15) is 0 Å². The average Bonchev–Trinajstić information content (AvgIpc) is 2.27. The van der Waals surface area contributed by atoms with E-state index in [-0.39, 0.29) is 5.41 Å². The molecule has 0 spiro atoms. The van der Waals surface area contributed by atoms with Gasteiger partial charge in [0.25, 0.3) is 0 Å². The minimum atomic E-state index is 0.278. The summed E-state index contributed by atoms with van der Waals surface area (Å²) in [7, 11) is 2.15. The second-order valence-corrected chi connectivity index (χ2v) is 5.78. The van der Waals surface area contributed by atoms with Crippen LogP contribution in [0.15, 0.2) is 18.2 Å². The van der Waals surface area contributed by atoms with Crippen LogP contribution in [-0.2, 0) is 13.1 Å². The molecule has 1 atom stereocenters. The molecular weight excluding hydrogens is 210 g/mol. The van der Waals surface area contributed by atoms with Gasteiger partial charge in [-0.2, -0.15) is 0 Å². The first-order valence-corrected chi connectivity index (χ1v) is 6.19. The predicted octanol–water partition coefficient (Wildman–Crippen LogP) is 2.41. The highest BCUT2D eigenvalue weighted by Gasteiger charge is 2.23. The van der Waals surface area contributed by atoms with Gasteiger partial charge in [-0.25, -0.2) is 0 Å². The van der Waals surface area contributed by atoms with Crippen LogP contribution in [0.3, 0.4) is 0 Å². The third-order valence-corrected chi connectivity index (χ3v) is 3.40. The highest BCUT2D eigenvalue weighted by Crippen LogP contribution is 2.23. The molecular formula is C14H25N3. The van der Waals surface area contributed by atoms with Crippen molar-refractivity contribution >= 4 is 0 Å². The van der Waals surface area contributed by atoms with Gasteiger partial charge in [0.05, 0.1) is 11.4 Å². The fourth-order valence-corrected chi connectivity index (χ4v) is 1.78. The molecule has 0 saturated carbocycles. The molecule has 0 saturated heterocycles. The van der Waals surface area contributed by atoms with Gasteiger partial charge in [0.1, 0.15) is 0 Å². The molecule has 3 heteroatoms. The van der Waals surface area contributed by atoms with E-state index < -0.39 is 0 Å². The molecule has 0 aliphatic rings. The fraction of sp³-hybridized carbons (Fsp3) is 0.643. The lowest BCUT2D eigenvalue weighted by Gasteiger charge is -2.35. The number of aromatic nitrogens is 1. The van der Waals surface area contributed by atoms with Crippen molar-refractivity contribution in [3.8, 4) is 0 Å². The van der Waals surface area contributed by atoms with E-state index >= 15 is 0 Å². The molecule has 1 rings (SSSR count). The SMILES string of the molecule is CC(N(C)Cc1cccc(CN)n1)C(C)(C)C. The molecule has 0 aromatic carbocycles. The molecule has 0 aliphatic carbocycles. The number of rotatable bonds is 4. The van der Waals surface area contributed by atoms with Crippen LogP contribution in [0.4, 0.5) is 0 Å². The van der Waals surface area contributed by atoms with Crippen LogP contribution in [0.5, 0.6) is 0 Å². The van der Waals surface area contributed by atoms with E-state index in [0.717, 1.165) is 17.9 Å². The van der Waals surface area contributed by atoms with Crippen molar-refractivity contribution < 1.29 is 0 Å². The Labute approximate surface area is 105 Å². The molecule has 3 nitrogen and oxygen atoms in total. The van der Waals surface area contributed by atoms with Crippen molar-refractivity contribution in [1.29, 1.82) is 0 Å². The third kappa shape index (κ3) is 4.10. The van der Waals surface area contributed by atoms with Gasteiger partial charge >= 0.3 is 0 Å². The standard InChI is InChI=1S/C14H25N3/c1-11(14(2,3)4)17(5)10-13-8-6-7-12(9-15)16-13/h6-8,11H,9-10,15H2,1-5H3. The molecule has 1 aromatic rings. The molecule has 1 aromatic heterocycles. The molecule has 2 N–H and O–H groups in total. The zero-order valence-electron chi connectivity index (χ0n) is 11.7. The molecule has 1 unspecified atom stereocenters. The Hall–Kier alpha value is -0.930. The Bertz CT molecular complexity index is 355.